The smallest absolute Gasteiger partial charge is 0.308 e. The first-order valence-electron chi connectivity index (χ1n) is 13.4. The average Bonchev–Trinajstić information content (AvgIpc) is 3.02. The molecule has 5 rings (SSSR count). The molecular weight excluding hydrogens is 504 g/mol. The summed E-state index contributed by atoms with van der Waals surface area (Å²) < 4.78 is 16.9. The summed E-state index contributed by atoms with van der Waals surface area (Å²) >= 11 is 0. The zero-order chi connectivity index (χ0) is 28.3. The molecule has 40 heavy (non-hydrogen) atoms. The first kappa shape index (κ1) is 30.7. The number of hydrogen-bond acceptors (Lipinski definition) is 6. The van der Waals surface area contributed by atoms with E-state index in [1.165, 1.54) is 0 Å². The minimum Gasteiger partial charge on any atom is -0.460 e. The van der Waals surface area contributed by atoms with E-state index < -0.39 is 0 Å². The molecule has 6 heteroatoms. The zero-order valence-electron chi connectivity index (χ0n) is 22.7. The molecule has 0 aromatic heterocycles. The van der Waals surface area contributed by atoms with E-state index >= 15 is 0 Å². The predicted molar refractivity (Wildman–Crippen MR) is 155 cm³/mol. The highest BCUT2D eigenvalue weighted by Crippen LogP contribution is 2.20. The minimum atomic E-state index is -0.240. The fraction of sp³-hybridized carbons (Fsp3) is 0.265. The molecule has 2 N–H and O–H groups in total. The van der Waals surface area contributed by atoms with Crippen molar-refractivity contribution in [3.05, 3.63) is 144 Å². The monoisotopic (exact) mass is 542 g/mol. The Balaban J connectivity index is 0.000000223. The van der Waals surface area contributed by atoms with Gasteiger partial charge in [-0.2, -0.15) is 0 Å². The number of aliphatic hydroxyl groups is 2. The molecule has 0 aliphatic carbocycles. The van der Waals surface area contributed by atoms with Crippen LogP contribution in [0, 0.1) is 0 Å². The van der Waals surface area contributed by atoms with Gasteiger partial charge in [-0.05, 0) is 22.3 Å². The highest BCUT2D eigenvalue weighted by atomic mass is 16.6. The number of carbonyl (C=O) groups is 1. The largest absolute Gasteiger partial charge is 0.460 e. The fourth-order valence-corrected chi connectivity index (χ4v) is 3.91. The number of ether oxygens (including phenoxy) is 3. The van der Waals surface area contributed by atoms with Crippen LogP contribution in [0.2, 0.25) is 0 Å². The van der Waals surface area contributed by atoms with Crippen molar-refractivity contribution in [1.82, 2.24) is 0 Å². The maximum atomic E-state index is 11.8. The van der Waals surface area contributed by atoms with Crippen molar-refractivity contribution in [2.75, 3.05) is 6.61 Å². The van der Waals surface area contributed by atoms with E-state index in [1.807, 2.05) is 121 Å². The van der Waals surface area contributed by atoms with Gasteiger partial charge in [0.25, 0.3) is 0 Å². The number of cyclic esters (lactones) is 1. The Hall–Kier alpha value is -3.81. The quantitative estimate of drug-likeness (QED) is 0.258. The van der Waals surface area contributed by atoms with E-state index in [4.69, 9.17) is 24.4 Å². The highest BCUT2D eigenvalue weighted by molar-refractivity contribution is 5.71. The van der Waals surface area contributed by atoms with Gasteiger partial charge in [-0.1, -0.05) is 121 Å². The van der Waals surface area contributed by atoms with Crippen LogP contribution in [0.5, 0.6) is 0 Å². The number of benzene rings is 4. The molecule has 2 unspecified atom stereocenters. The molecule has 2 atom stereocenters. The first-order chi connectivity index (χ1) is 19.7. The molecule has 0 spiro atoms. The van der Waals surface area contributed by atoms with Gasteiger partial charge >= 0.3 is 5.97 Å². The Kier molecular flexibility index (Phi) is 14.2. The van der Waals surface area contributed by atoms with Crippen LogP contribution in [-0.2, 0) is 45.4 Å². The second-order valence-corrected chi connectivity index (χ2v) is 9.26. The normalized spacial score (nSPS) is 16.0. The minimum absolute atomic E-state index is 0.114. The SMILES string of the molecule is O=C1CC(OCc2ccccc2)CC(COCc2ccccc2)O1.OCc1ccccc1.OCc1ccccc1. The van der Waals surface area contributed by atoms with Gasteiger partial charge in [-0.25, -0.2) is 0 Å². The van der Waals surface area contributed by atoms with Gasteiger partial charge in [0.2, 0.25) is 0 Å². The maximum Gasteiger partial charge on any atom is 0.308 e. The number of aliphatic hydroxyl groups excluding tert-OH is 2. The van der Waals surface area contributed by atoms with Crippen molar-refractivity contribution in [1.29, 1.82) is 0 Å². The van der Waals surface area contributed by atoms with Crippen LogP contribution >= 0.6 is 0 Å². The van der Waals surface area contributed by atoms with Crippen LogP contribution in [0.3, 0.4) is 0 Å². The number of carbonyl (C=O) groups excluding carboxylic acids is 1. The van der Waals surface area contributed by atoms with Gasteiger partial charge in [-0.3, -0.25) is 4.79 Å². The molecule has 4 aromatic carbocycles. The fourth-order valence-electron chi connectivity index (χ4n) is 3.91. The van der Waals surface area contributed by atoms with Gasteiger partial charge in [0.1, 0.15) is 6.10 Å². The molecule has 0 radical (unpaired) electrons. The van der Waals surface area contributed by atoms with Crippen LogP contribution in [0.15, 0.2) is 121 Å². The van der Waals surface area contributed by atoms with Gasteiger partial charge in [0.15, 0.2) is 0 Å². The molecule has 1 aliphatic heterocycles. The Morgan fingerprint density at radius 3 is 1.48 bits per heavy atom. The third-order valence-electron chi connectivity index (χ3n) is 6.01. The summed E-state index contributed by atoms with van der Waals surface area (Å²) in [6.45, 7) is 1.70. The third kappa shape index (κ3) is 12.4. The molecule has 0 saturated carbocycles. The number of hydrogen-bond donors (Lipinski definition) is 2. The Bertz CT molecular complexity index is 1150. The third-order valence-corrected chi connectivity index (χ3v) is 6.01. The topological polar surface area (TPSA) is 85.2 Å². The van der Waals surface area contributed by atoms with Crippen LogP contribution in [-0.4, -0.2) is 35.0 Å². The lowest BCUT2D eigenvalue weighted by Gasteiger charge is -2.28. The van der Waals surface area contributed by atoms with E-state index in [-0.39, 0.29) is 31.4 Å². The zero-order valence-corrected chi connectivity index (χ0v) is 22.7. The van der Waals surface area contributed by atoms with E-state index in [0.717, 1.165) is 22.3 Å². The summed E-state index contributed by atoms with van der Waals surface area (Å²) in [7, 11) is 0. The molecule has 1 aliphatic rings. The molecule has 1 heterocycles. The van der Waals surface area contributed by atoms with Crippen molar-refractivity contribution in [2.24, 2.45) is 0 Å². The first-order valence-corrected chi connectivity index (χ1v) is 13.4. The molecule has 6 nitrogen and oxygen atoms in total. The van der Waals surface area contributed by atoms with E-state index in [2.05, 4.69) is 0 Å². The Morgan fingerprint density at radius 2 is 1.05 bits per heavy atom. The summed E-state index contributed by atoms with van der Waals surface area (Å²) in [5.41, 5.74) is 4.14. The van der Waals surface area contributed by atoms with Gasteiger partial charge in [0.05, 0.1) is 45.6 Å². The maximum absolute atomic E-state index is 11.8. The van der Waals surface area contributed by atoms with Crippen LogP contribution < -0.4 is 0 Å². The Labute approximate surface area is 236 Å². The lowest BCUT2D eigenvalue weighted by Crippen LogP contribution is -2.36. The second-order valence-electron chi connectivity index (χ2n) is 9.26. The van der Waals surface area contributed by atoms with Gasteiger partial charge < -0.3 is 24.4 Å². The lowest BCUT2D eigenvalue weighted by atomic mass is 10.1. The van der Waals surface area contributed by atoms with E-state index in [1.54, 1.807) is 0 Å². The molecular formula is C34H38O6. The van der Waals surface area contributed by atoms with Crippen LogP contribution in [0.25, 0.3) is 0 Å². The molecule has 1 fully saturated rings. The summed E-state index contributed by atoms with van der Waals surface area (Å²) in [5, 5.41) is 17.1. The Morgan fingerprint density at radius 1 is 0.625 bits per heavy atom. The van der Waals surface area contributed by atoms with Gasteiger partial charge in [-0.15, -0.1) is 0 Å². The molecule has 0 amide bonds. The standard InChI is InChI=1S/C20H22O4.2C7H8O/c21-20-12-18(23-14-17-9-5-2-6-10-17)11-19(24-20)15-22-13-16-7-3-1-4-8-16;2*8-6-7-4-2-1-3-5-7/h1-10,18-19H,11-15H2;2*1-5,8H,6H2. The number of rotatable bonds is 9. The molecule has 1 saturated heterocycles. The van der Waals surface area contributed by atoms with Crippen molar-refractivity contribution in [2.45, 2.75) is 51.5 Å². The molecule has 0 bridgehead atoms. The molecule has 4 aromatic rings. The van der Waals surface area contributed by atoms with E-state index in [0.29, 0.717) is 32.7 Å². The second kappa shape index (κ2) is 18.5. The summed E-state index contributed by atoms with van der Waals surface area (Å²) in [6, 6.07) is 39.0. The van der Waals surface area contributed by atoms with Crippen molar-refractivity contribution < 1.29 is 29.2 Å². The summed E-state index contributed by atoms with van der Waals surface area (Å²) in [6.07, 6.45) is 0.627. The average molecular weight is 543 g/mol. The summed E-state index contributed by atoms with van der Waals surface area (Å²) in [5.74, 6) is -0.215. The van der Waals surface area contributed by atoms with Crippen LogP contribution in [0.1, 0.15) is 35.1 Å². The van der Waals surface area contributed by atoms with E-state index in [9.17, 15) is 4.79 Å². The predicted octanol–water partition coefficient (Wildman–Crippen LogP) is 5.85. The number of esters is 1. The van der Waals surface area contributed by atoms with Gasteiger partial charge in [0, 0.05) is 6.42 Å². The lowest BCUT2D eigenvalue weighted by molar-refractivity contribution is -0.168. The summed E-state index contributed by atoms with van der Waals surface area (Å²) in [4.78, 5) is 11.8. The van der Waals surface area contributed by atoms with Crippen molar-refractivity contribution in [3.8, 4) is 0 Å². The van der Waals surface area contributed by atoms with Crippen molar-refractivity contribution >= 4 is 5.97 Å². The molecule has 210 valence electrons. The highest BCUT2D eigenvalue weighted by Gasteiger charge is 2.29. The van der Waals surface area contributed by atoms with Crippen LogP contribution in [0.4, 0.5) is 0 Å². The van der Waals surface area contributed by atoms with Crippen molar-refractivity contribution in [3.63, 3.8) is 0 Å².